The molecule has 1 aliphatic carbocycles. The summed E-state index contributed by atoms with van der Waals surface area (Å²) in [5, 5.41) is 2.84. The minimum Gasteiger partial charge on any atom is -0.345 e. The van der Waals surface area contributed by atoms with E-state index in [9.17, 15) is 9.59 Å². The molecular formula is C14H19N3O2. The van der Waals surface area contributed by atoms with Crippen LogP contribution >= 0.6 is 0 Å². The van der Waals surface area contributed by atoms with Crippen molar-refractivity contribution in [2.75, 3.05) is 26.0 Å². The summed E-state index contributed by atoms with van der Waals surface area (Å²) < 4.78 is 0. The van der Waals surface area contributed by atoms with Crippen LogP contribution in [0.15, 0.2) is 24.3 Å². The predicted molar refractivity (Wildman–Crippen MR) is 73.8 cm³/mol. The van der Waals surface area contributed by atoms with Crippen molar-refractivity contribution in [3.8, 4) is 0 Å². The zero-order valence-electron chi connectivity index (χ0n) is 11.3. The molecular weight excluding hydrogens is 242 g/mol. The fourth-order valence-corrected chi connectivity index (χ4v) is 1.93. The smallest absolute Gasteiger partial charge is 0.253 e. The van der Waals surface area contributed by atoms with Crippen LogP contribution in [-0.2, 0) is 4.79 Å². The highest BCUT2D eigenvalue weighted by molar-refractivity contribution is 5.99. The highest BCUT2D eigenvalue weighted by Gasteiger charge is 2.48. The lowest BCUT2D eigenvalue weighted by Crippen LogP contribution is -2.31. The molecule has 1 aromatic rings. The summed E-state index contributed by atoms with van der Waals surface area (Å²) in [4.78, 5) is 25.4. The second-order valence-corrected chi connectivity index (χ2v) is 5.22. The number of carbonyl (C=O) groups is 2. The molecule has 0 radical (unpaired) electrons. The van der Waals surface area contributed by atoms with E-state index in [2.05, 4.69) is 5.32 Å². The van der Waals surface area contributed by atoms with E-state index in [-0.39, 0.29) is 17.2 Å². The molecule has 0 unspecified atom stereocenters. The second kappa shape index (κ2) is 5.01. The molecule has 1 saturated carbocycles. The maximum Gasteiger partial charge on any atom is 0.253 e. The van der Waals surface area contributed by atoms with E-state index < -0.39 is 0 Å². The average Bonchev–Trinajstić information content (AvgIpc) is 3.19. The Morgan fingerprint density at radius 2 is 2.05 bits per heavy atom. The SMILES string of the molecule is CN(C)C(=O)c1cccc(NC(=O)C2(CN)CC2)c1. The molecule has 3 N–H and O–H groups in total. The molecule has 0 atom stereocenters. The van der Waals surface area contributed by atoms with Crippen molar-refractivity contribution in [3.05, 3.63) is 29.8 Å². The predicted octanol–water partition coefficient (Wildman–Crippen LogP) is 1.07. The Bertz CT molecular complexity index is 507. The van der Waals surface area contributed by atoms with Gasteiger partial charge >= 0.3 is 0 Å². The van der Waals surface area contributed by atoms with Crippen molar-refractivity contribution >= 4 is 17.5 Å². The van der Waals surface area contributed by atoms with Crippen LogP contribution in [0.25, 0.3) is 0 Å². The zero-order valence-corrected chi connectivity index (χ0v) is 11.3. The largest absolute Gasteiger partial charge is 0.345 e. The molecule has 2 amide bonds. The molecule has 1 aliphatic rings. The number of nitrogens with one attached hydrogen (secondary N) is 1. The Morgan fingerprint density at radius 1 is 1.37 bits per heavy atom. The van der Waals surface area contributed by atoms with Gasteiger partial charge in [-0.05, 0) is 31.0 Å². The highest BCUT2D eigenvalue weighted by Crippen LogP contribution is 2.45. The molecule has 0 spiro atoms. The number of hydrogen-bond donors (Lipinski definition) is 2. The summed E-state index contributed by atoms with van der Waals surface area (Å²) in [5.74, 6) is -0.138. The Kier molecular flexibility index (Phi) is 3.57. The third kappa shape index (κ3) is 2.76. The normalized spacial score (nSPS) is 15.7. The third-order valence-corrected chi connectivity index (χ3v) is 3.50. The van der Waals surface area contributed by atoms with E-state index in [1.165, 1.54) is 4.90 Å². The number of nitrogens with zero attached hydrogens (tertiary/aromatic N) is 1. The van der Waals surface area contributed by atoms with Crippen LogP contribution in [0.5, 0.6) is 0 Å². The van der Waals surface area contributed by atoms with Gasteiger partial charge in [-0.15, -0.1) is 0 Å². The van der Waals surface area contributed by atoms with Gasteiger partial charge < -0.3 is 16.0 Å². The lowest BCUT2D eigenvalue weighted by molar-refractivity contribution is -0.120. The second-order valence-electron chi connectivity index (χ2n) is 5.22. The molecule has 0 aromatic heterocycles. The molecule has 102 valence electrons. The summed E-state index contributed by atoms with van der Waals surface area (Å²) >= 11 is 0. The Labute approximate surface area is 112 Å². The molecule has 1 aromatic carbocycles. The topological polar surface area (TPSA) is 75.4 Å². The number of hydrogen-bond acceptors (Lipinski definition) is 3. The van der Waals surface area contributed by atoms with Crippen LogP contribution < -0.4 is 11.1 Å². The monoisotopic (exact) mass is 261 g/mol. The van der Waals surface area contributed by atoms with Crippen LogP contribution in [0.4, 0.5) is 5.69 Å². The minimum atomic E-state index is -0.387. The maximum atomic E-state index is 12.1. The molecule has 0 heterocycles. The van der Waals surface area contributed by atoms with Crippen molar-refractivity contribution < 1.29 is 9.59 Å². The highest BCUT2D eigenvalue weighted by atomic mass is 16.2. The van der Waals surface area contributed by atoms with Gasteiger partial charge in [-0.3, -0.25) is 9.59 Å². The van der Waals surface area contributed by atoms with E-state index in [0.717, 1.165) is 12.8 Å². The van der Waals surface area contributed by atoms with Crippen molar-refractivity contribution in [2.24, 2.45) is 11.1 Å². The molecule has 5 heteroatoms. The zero-order chi connectivity index (χ0) is 14.0. The van der Waals surface area contributed by atoms with Crippen LogP contribution in [0, 0.1) is 5.41 Å². The van der Waals surface area contributed by atoms with Crippen molar-refractivity contribution in [3.63, 3.8) is 0 Å². The van der Waals surface area contributed by atoms with Gasteiger partial charge in [-0.2, -0.15) is 0 Å². The van der Waals surface area contributed by atoms with Crippen molar-refractivity contribution in [1.82, 2.24) is 4.90 Å². The number of benzene rings is 1. The number of nitrogens with two attached hydrogens (primary N) is 1. The van der Waals surface area contributed by atoms with Crippen LogP contribution in [-0.4, -0.2) is 37.4 Å². The van der Waals surface area contributed by atoms with E-state index in [1.807, 2.05) is 0 Å². The van der Waals surface area contributed by atoms with Crippen LogP contribution in [0.1, 0.15) is 23.2 Å². The summed E-state index contributed by atoms with van der Waals surface area (Å²) in [6.07, 6.45) is 1.68. The first-order valence-corrected chi connectivity index (χ1v) is 6.32. The van der Waals surface area contributed by atoms with Crippen molar-refractivity contribution in [1.29, 1.82) is 0 Å². The molecule has 19 heavy (non-hydrogen) atoms. The molecule has 5 nitrogen and oxygen atoms in total. The van der Waals surface area contributed by atoms with E-state index in [0.29, 0.717) is 17.8 Å². The maximum absolute atomic E-state index is 12.1. The Morgan fingerprint density at radius 3 is 2.58 bits per heavy atom. The first-order valence-electron chi connectivity index (χ1n) is 6.32. The molecule has 0 aliphatic heterocycles. The fraction of sp³-hybridized carbons (Fsp3) is 0.429. The number of rotatable bonds is 4. The van der Waals surface area contributed by atoms with Gasteiger partial charge in [0.05, 0.1) is 5.41 Å². The Hall–Kier alpha value is -1.88. The van der Waals surface area contributed by atoms with Gasteiger partial charge in [0.25, 0.3) is 5.91 Å². The van der Waals surface area contributed by atoms with Crippen molar-refractivity contribution in [2.45, 2.75) is 12.8 Å². The summed E-state index contributed by atoms with van der Waals surface area (Å²) in [7, 11) is 3.39. The molecule has 0 saturated heterocycles. The van der Waals surface area contributed by atoms with E-state index in [4.69, 9.17) is 5.73 Å². The van der Waals surface area contributed by atoms with Gasteiger partial charge in [0.2, 0.25) is 5.91 Å². The first kappa shape index (κ1) is 13.5. The van der Waals surface area contributed by atoms with Gasteiger partial charge in [0.1, 0.15) is 0 Å². The Balaban J connectivity index is 2.11. The summed E-state index contributed by atoms with van der Waals surface area (Å²) in [6, 6.07) is 6.95. The summed E-state index contributed by atoms with van der Waals surface area (Å²) in [5.41, 5.74) is 6.42. The molecule has 2 rings (SSSR count). The fourth-order valence-electron chi connectivity index (χ4n) is 1.93. The lowest BCUT2D eigenvalue weighted by atomic mass is 10.1. The average molecular weight is 261 g/mol. The van der Waals surface area contributed by atoms with E-state index >= 15 is 0 Å². The lowest BCUT2D eigenvalue weighted by Gasteiger charge is -2.14. The molecule has 0 bridgehead atoms. The number of carbonyl (C=O) groups excluding carboxylic acids is 2. The quantitative estimate of drug-likeness (QED) is 0.851. The van der Waals surface area contributed by atoms with E-state index in [1.54, 1.807) is 38.4 Å². The summed E-state index contributed by atoms with van der Waals surface area (Å²) in [6.45, 7) is 0.370. The minimum absolute atomic E-state index is 0.0514. The standard InChI is InChI=1S/C14H19N3O2/c1-17(2)12(18)10-4-3-5-11(8-10)16-13(19)14(9-15)6-7-14/h3-5,8H,6-7,9,15H2,1-2H3,(H,16,19). The van der Waals surface area contributed by atoms with Gasteiger partial charge in [0, 0.05) is 31.9 Å². The van der Waals surface area contributed by atoms with Gasteiger partial charge in [-0.25, -0.2) is 0 Å². The number of anilines is 1. The van der Waals surface area contributed by atoms with Gasteiger partial charge in [0.15, 0.2) is 0 Å². The van der Waals surface area contributed by atoms with Gasteiger partial charge in [-0.1, -0.05) is 6.07 Å². The third-order valence-electron chi connectivity index (χ3n) is 3.50. The number of amides is 2. The molecule has 1 fully saturated rings. The van der Waals surface area contributed by atoms with Crippen LogP contribution in [0.2, 0.25) is 0 Å². The first-order chi connectivity index (χ1) is 8.98. The van der Waals surface area contributed by atoms with Crippen LogP contribution in [0.3, 0.4) is 0 Å².